The minimum Gasteiger partial charge on any atom is -0.465 e. The van der Waals surface area contributed by atoms with Gasteiger partial charge in [0, 0.05) is 18.4 Å². The molecule has 0 unspecified atom stereocenters. The number of esters is 1. The van der Waals surface area contributed by atoms with Crippen molar-refractivity contribution in [2.75, 3.05) is 12.9 Å². The first-order chi connectivity index (χ1) is 12.0. The van der Waals surface area contributed by atoms with Crippen LogP contribution in [-0.2, 0) is 21.8 Å². The van der Waals surface area contributed by atoms with Crippen LogP contribution >= 0.6 is 11.8 Å². The number of amides is 1. The van der Waals surface area contributed by atoms with E-state index in [0.29, 0.717) is 16.9 Å². The third kappa shape index (κ3) is 6.19. The standard InChI is InChI=1S/C18H17F2NO3S/c1-24-18(23)14-4-2-12(3-5-14)10-25-11-17(22)21-9-13-6-15(19)8-16(20)7-13/h2-8H,9-11H2,1H3,(H,21,22). The third-order valence-electron chi connectivity index (χ3n) is 3.29. The van der Waals surface area contributed by atoms with Crippen molar-refractivity contribution < 1.29 is 23.1 Å². The van der Waals surface area contributed by atoms with Crippen molar-refractivity contribution in [3.05, 3.63) is 70.8 Å². The van der Waals surface area contributed by atoms with Crippen molar-refractivity contribution in [3.63, 3.8) is 0 Å². The van der Waals surface area contributed by atoms with Gasteiger partial charge in [-0.25, -0.2) is 13.6 Å². The molecule has 25 heavy (non-hydrogen) atoms. The Morgan fingerprint density at radius 1 is 1.04 bits per heavy atom. The summed E-state index contributed by atoms with van der Waals surface area (Å²) in [6.45, 7) is 0.0713. The fourth-order valence-electron chi connectivity index (χ4n) is 2.08. The van der Waals surface area contributed by atoms with Crippen LogP contribution in [0, 0.1) is 11.6 Å². The number of carbonyl (C=O) groups is 2. The summed E-state index contributed by atoms with van der Waals surface area (Å²) in [5, 5.41) is 2.62. The number of carbonyl (C=O) groups excluding carboxylic acids is 2. The zero-order chi connectivity index (χ0) is 18.2. The molecule has 1 N–H and O–H groups in total. The molecule has 0 aliphatic rings. The number of methoxy groups -OCH3 is 1. The lowest BCUT2D eigenvalue weighted by Gasteiger charge is -2.06. The molecule has 132 valence electrons. The molecule has 7 heteroatoms. The number of nitrogens with one attached hydrogen (secondary N) is 1. The maximum absolute atomic E-state index is 13.1. The summed E-state index contributed by atoms with van der Waals surface area (Å²) in [5.74, 6) is -1.14. The molecular formula is C18H17F2NO3S. The van der Waals surface area contributed by atoms with E-state index in [1.807, 2.05) is 0 Å². The molecule has 0 radical (unpaired) electrons. The van der Waals surface area contributed by atoms with Gasteiger partial charge in [-0.1, -0.05) is 12.1 Å². The molecule has 0 heterocycles. The SMILES string of the molecule is COC(=O)c1ccc(CSCC(=O)NCc2cc(F)cc(F)c2)cc1. The second-order valence-electron chi connectivity index (χ2n) is 5.24. The van der Waals surface area contributed by atoms with Gasteiger partial charge in [-0.3, -0.25) is 4.79 Å². The van der Waals surface area contributed by atoms with E-state index >= 15 is 0 Å². The monoisotopic (exact) mass is 365 g/mol. The van der Waals surface area contributed by atoms with Gasteiger partial charge < -0.3 is 10.1 Å². The first-order valence-electron chi connectivity index (χ1n) is 7.44. The van der Waals surface area contributed by atoms with Crippen LogP contribution in [-0.4, -0.2) is 24.7 Å². The van der Waals surface area contributed by atoms with Gasteiger partial charge in [0.15, 0.2) is 0 Å². The molecule has 2 rings (SSSR count). The number of hydrogen-bond acceptors (Lipinski definition) is 4. The van der Waals surface area contributed by atoms with E-state index in [0.717, 1.165) is 11.6 Å². The average molecular weight is 365 g/mol. The number of hydrogen-bond donors (Lipinski definition) is 1. The second-order valence-corrected chi connectivity index (χ2v) is 6.22. The van der Waals surface area contributed by atoms with Gasteiger partial charge in [-0.05, 0) is 35.4 Å². The highest BCUT2D eigenvalue weighted by atomic mass is 32.2. The number of ether oxygens (including phenoxy) is 1. The van der Waals surface area contributed by atoms with Crippen molar-refractivity contribution >= 4 is 23.6 Å². The smallest absolute Gasteiger partial charge is 0.337 e. The van der Waals surface area contributed by atoms with Crippen LogP contribution in [0.15, 0.2) is 42.5 Å². The molecular weight excluding hydrogens is 348 g/mol. The lowest BCUT2D eigenvalue weighted by atomic mass is 10.1. The normalized spacial score (nSPS) is 10.4. The molecule has 0 saturated carbocycles. The van der Waals surface area contributed by atoms with Gasteiger partial charge in [0.2, 0.25) is 5.91 Å². The van der Waals surface area contributed by atoms with Crippen LogP contribution in [0.3, 0.4) is 0 Å². The minimum absolute atomic E-state index is 0.0713. The maximum atomic E-state index is 13.1. The first-order valence-corrected chi connectivity index (χ1v) is 8.60. The molecule has 0 aromatic heterocycles. The number of rotatable bonds is 7. The maximum Gasteiger partial charge on any atom is 0.337 e. The van der Waals surface area contributed by atoms with E-state index in [1.54, 1.807) is 24.3 Å². The predicted octanol–water partition coefficient (Wildman–Crippen LogP) is 3.30. The van der Waals surface area contributed by atoms with Crippen LogP contribution < -0.4 is 5.32 Å². The van der Waals surface area contributed by atoms with E-state index in [1.165, 1.54) is 31.0 Å². The Morgan fingerprint density at radius 2 is 1.68 bits per heavy atom. The summed E-state index contributed by atoms with van der Waals surface area (Å²) in [7, 11) is 1.32. The van der Waals surface area contributed by atoms with Crippen molar-refractivity contribution in [3.8, 4) is 0 Å². The summed E-state index contributed by atoms with van der Waals surface area (Å²) < 4.78 is 30.7. The zero-order valence-corrected chi connectivity index (χ0v) is 14.4. The zero-order valence-electron chi connectivity index (χ0n) is 13.6. The van der Waals surface area contributed by atoms with Crippen molar-refractivity contribution in [2.45, 2.75) is 12.3 Å². The molecule has 0 aliphatic carbocycles. The molecule has 4 nitrogen and oxygen atoms in total. The van der Waals surface area contributed by atoms with Crippen LogP contribution in [0.1, 0.15) is 21.5 Å². The highest BCUT2D eigenvalue weighted by Gasteiger charge is 2.06. The van der Waals surface area contributed by atoms with E-state index in [-0.39, 0.29) is 18.2 Å². The Labute approximate surface area is 148 Å². The second kappa shape index (κ2) is 9.17. The predicted molar refractivity (Wildman–Crippen MR) is 92.1 cm³/mol. The highest BCUT2D eigenvalue weighted by molar-refractivity contribution is 7.99. The molecule has 0 atom stereocenters. The first kappa shape index (κ1) is 18.9. The lowest BCUT2D eigenvalue weighted by Crippen LogP contribution is -2.24. The van der Waals surface area contributed by atoms with Crippen LogP contribution in [0.25, 0.3) is 0 Å². The highest BCUT2D eigenvalue weighted by Crippen LogP contribution is 2.14. The Balaban J connectivity index is 1.74. The quantitative estimate of drug-likeness (QED) is 0.765. The Kier molecular flexibility index (Phi) is 6.94. The van der Waals surface area contributed by atoms with Crippen LogP contribution in [0.5, 0.6) is 0 Å². The summed E-state index contributed by atoms with van der Waals surface area (Å²) in [6.07, 6.45) is 0. The van der Waals surface area contributed by atoms with Gasteiger partial charge in [0.25, 0.3) is 0 Å². The van der Waals surface area contributed by atoms with Crippen molar-refractivity contribution in [1.29, 1.82) is 0 Å². The Bertz CT molecular complexity index is 730. The molecule has 0 saturated heterocycles. The van der Waals surface area contributed by atoms with E-state index in [9.17, 15) is 18.4 Å². The summed E-state index contributed by atoms with van der Waals surface area (Å²) in [5.41, 5.74) is 1.81. The van der Waals surface area contributed by atoms with E-state index < -0.39 is 17.6 Å². The van der Waals surface area contributed by atoms with E-state index in [4.69, 9.17) is 0 Å². The fourth-order valence-corrected chi connectivity index (χ4v) is 2.90. The molecule has 0 fully saturated rings. The number of benzene rings is 2. The van der Waals surface area contributed by atoms with Gasteiger partial charge in [-0.2, -0.15) is 0 Å². The Hall–Kier alpha value is -2.41. The van der Waals surface area contributed by atoms with Crippen molar-refractivity contribution in [1.82, 2.24) is 5.32 Å². The summed E-state index contributed by atoms with van der Waals surface area (Å²) in [6, 6.07) is 10.1. The molecule has 2 aromatic rings. The van der Waals surface area contributed by atoms with Gasteiger partial charge in [-0.15, -0.1) is 11.8 Å². The molecule has 2 aromatic carbocycles. The Morgan fingerprint density at radius 3 is 2.28 bits per heavy atom. The average Bonchev–Trinajstić information content (AvgIpc) is 2.59. The summed E-state index contributed by atoms with van der Waals surface area (Å²) >= 11 is 1.40. The minimum atomic E-state index is -0.672. The van der Waals surface area contributed by atoms with Gasteiger partial charge in [0.05, 0.1) is 18.4 Å². The molecule has 0 spiro atoms. The summed E-state index contributed by atoms with van der Waals surface area (Å²) in [4.78, 5) is 23.1. The third-order valence-corrected chi connectivity index (χ3v) is 4.29. The fraction of sp³-hybridized carbons (Fsp3) is 0.222. The largest absolute Gasteiger partial charge is 0.465 e. The van der Waals surface area contributed by atoms with E-state index in [2.05, 4.69) is 10.1 Å². The number of halogens is 2. The number of thioether (sulfide) groups is 1. The lowest BCUT2D eigenvalue weighted by molar-refractivity contribution is -0.118. The van der Waals surface area contributed by atoms with Crippen LogP contribution in [0.2, 0.25) is 0 Å². The molecule has 1 amide bonds. The van der Waals surface area contributed by atoms with Gasteiger partial charge >= 0.3 is 5.97 Å². The van der Waals surface area contributed by atoms with Crippen molar-refractivity contribution in [2.24, 2.45) is 0 Å². The molecule has 0 aliphatic heterocycles. The topological polar surface area (TPSA) is 55.4 Å². The van der Waals surface area contributed by atoms with Gasteiger partial charge in [0.1, 0.15) is 11.6 Å². The molecule has 0 bridgehead atoms. The van der Waals surface area contributed by atoms with Crippen LogP contribution in [0.4, 0.5) is 8.78 Å².